The summed E-state index contributed by atoms with van der Waals surface area (Å²) in [5.74, 6) is 0.892. The second-order valence-corrected chi connectivity index (χ2v) is 4.15. The monoisotopic (exact) mass is 242 g/mol. The Labute approximate surface area is 108 Å². The average Bonchev–Trinajstić information content (AvgIpc) is 2.46. The molecule has 0 bridgehead atoms. The number of likely N-dealkylation sites (N-methyl/N-ethyl adjacent to an activating group) is 1. The topological polar surface area (TPSA) is 34.1 Å². The minimum atomic E-state index is 0.221. The van der Waals surface area contributed by atoms with Gasteiger partial charge in [0.1, 0.15) is 5.75 Å². The summed E-state index contributed by atoms with van der Waals surface area (Å²) < 4.78 is 5.24. The molecule has 94 valence electrons. The van der Waals surface area contributed by atoms with Crippen LogP contribution in [0.2, 0.25) is 0 Å². The Kier molecular flexibility index (Phi) is 4.31. The van der Waals surface area contributed by atoms with E-state index in [9.17, 15) is 0 Å². The van der Waals surface area contributed by atoms with Crippen molar-refractivity contribution in [2.75, 3.05) is 14.2 Å². The summed E-state index contributed by atoms with van der Waals surface area (Å²) in [7, 11) is 3.65. The van der Waals surface area contributed by atoms with Crippen molar-refractivity contribution in [2.45, 2.75) is 12.5 Å². The van der Waals surface area contributed by atoms with Crippen molar-refractivity contribution < 1.29 is 4.74 Å². The SMILES string of the molecule is CNC(Cc1cccc(OC)c1)c1ccccn1. The molecule has 0 saturated heterocycles. The minimum absolute atomic E-state index is 0.221. The van der Waals surface area contributed by atoms with Crippen molar-refractivity contribution in [2.24, 2.45) is 0 Å². The van der Waals surface area contributed by atoms with Gasteiger partial charge < -0.3 is 10.1 Å². The summed E-state index contributed by atoms with van der Waals surface area (Å²) in [6, 6.07) is 14.3. The normalized spacial score (nSPS) is 12.1. The molecule has 0 fully saturated rings. The van der Waals surface area contributed by atoms with Gasteiger partial charge in [0.25, 0.3) is 0 Å². The highest BCUT2D eigenvalue weighted by atomic mass is 16.5. The smallest absolute Gasteiger partial charge is 0.119 e. The van der Waals surface area contributed by atoms with Crippen molar-refractivity contribution in [3.63, 3.8) is 0 Å². The van der Waals surface area contributed by atoms with Crippen LogP contribution in [0.1, 0.15) is 17.3 Å². The molecule has 0 radical (unpaired) electrons. The van der Waals surface area contributed by atoms with Crippen LogP contribution in [0.4, 0.5) is 0 Å². The fourth-order valence-electron chi connectivity index (χ4n) is 1.97. The second-order valence-electron chi connectivity index (χ2n) is 4.15. The van der Waals surface area contributed by atoms with Crippen LogP contribution in [0.3, 0.4) is 0 Å². The number of hydrogen-bond acceptors (Lipinski definition) is 3. The first-order valence-corrected chi connectivity index (χ1v) is 6.04. The third-order valence-electron chi connectivity index (χ3n) is 2.97. The Morgan fingerprint density at radius 1 is 1.22 bits per heavy atom. The molecule has 0 aliphatic carbocycles. The van der Waals surface area contributed by atoms with Crippen molar-refractivity contribution in [3.8, 4) is 5.75 Å². The molecule has 1 N–H and O–H groups in total. The van der Waals surface area contributed by atoms with Gasteiger partial charge in [0.2, 0.25) is 0 Å². The third kappa shape index (κ3) is 3.08. The highest BCUT2D eigenvalue weighted by molar-refractivity contribution is 5.29. The van der Waals surface area contributed by atoms with E-state index in [1.165, 1.54) is 5.56 Å². The Bertz CT molecular complexity index is 485. The van der Waals surface area contributed by atoms with E-state index in [0.717, 1.165) is 17.9 Å². The second kappa shape index (κ2) is 6.17. The highest BCUT2D eigenvalue weighted by Crippen LogP contribution is 2.19. The Hall–Kier alpha value is -1.87. The molecule has 1 unspecified atom stereocenters. The molecule has 0 aliphatic heterocycles. The number of nitrogens with zero attached hydrogens (tertiary/aromatic N) is 1. The zero-order chi connectivity index (χ0) is 12.8. The van der Waals surface area contributed by atoms with E-state index in [-0.39, 0.29) is 6.04 Å². The molecule has 1 heterocycles. The number of hydrogen-bond donors (Lipinski definition) is 1. The standard InChI is InChI=1S/C15H18N2O/c1-16-15(14-8-3-4-9-17-14)11-12-6-5-7-13(10-12)18-2/h3-10,15-16H,11H2,1-2H3. The van der Waals surface area contributed by atoms with Crippen LogP contribution < -0.4 is 10.1 Å². The van der Waals surface area contributed by atoms with Gasteiger partial charge in [-0.05, 0) is 43.3 Å². The highest BCUT2D eigenvalue weighted by Gasteiger charge is 2.11. The summed E-state index contributed by atoms with van der Waals surface area (Å²) in [5.41, 5.74) is 2.29. The summed E-state index contributed by atoms with van der Waals surface area (Å²) in [4.78, 5) is 4.39. The zero-order valence-corrected chi connectivity index (χ0v) is 10.8. The fourth-order valence-corrected chi connectivity index (χ4v) is 1.97. The van der Waals surface area contributed by atoms with Gasteiger partial charge in [0, 0.05) is 6.20 Å². The fraction of sp³-hybridized carbons (Fsp3) is 0.267. The Morgan fingerprint density at radius 2 is 2.11 bits per heavy atom. The maximum atomic E-state index is 5.24. The molecule has 1 aromatic carbocycles. The molecule has 0 saturated carbocycles. The minimum Gasteiger partial charge on any atom is -0.497 e. The molecule has 2 rings (SSSR count). The van der Waals surface area contributed by atoms with Gasteiger partial charge in [0.05, 0.1) is 18.8 Å². The summed E-state index contributed by atoms with van der Waals surface area (Å²) in [6.45, 7) is 0. The number of rotatable bonds is 5. The Morgan fingerprint density at radius 3 is 2.78 bits per heavy atom. The zero-order valence-electron chi connectivity index (χ0n) is 10.8. The van der Waals surface area contributed by atoms with Crippen LogP contribution >= 0.6 is 0 Å². The van der Waals surface area contributed by atoms with Gasteiger partial charge >= 0.3 is 0 Å². The van der Waals surface area contributed by atoms with Crippen LogP contribution in [-0.4, -0.2) is 19.1 Å². The molecule has 0 amide bonds. The van der Waals surface area contributed by atoms with E-state index in [2.05, 4.69) is 22.4 Å². The average molecular weight is 242 g/mol. The van der Waals surface area contributed by atoms with Gasteiger partial charge in [-0.3, -0.25) is 4.98 Å². The quantitative estimate of drug-likeness (QED) is 0.875. The van der Waals surface area contributed by atoms with E-state index in [0.29, 0.717) is 0 Å². The largest absolute Gasteiger partial charge is 0.497 e. The van der Waals surface area contributed by atoms with Crippen molar-refractivity contribution in [1.29, 1.82) is 0 Å². The number of methoxy groups -OCH3 is 1. The van der Waals surface area contributed by atoms with Crippen LogP contribution in [0, 0.1) is 0 Å². The van der Waals surface area contributed by atoms with E-state index in [1.807, 2.05) is 43.6 Å². The van der Waals surface area contributed by atoms with Gasteiger partial charge in [-0.15, -0.1) is 0 Å². The van der Waals surface area contributed by atoms with Crippen molar-refractivity contribution >= 4 is 0 Å². The number of benzene rings is 1. The third-order valence-corrected chi connectivity index (χ3v) is 2.97. The van der Waals surface area contributed by atoms with Gasteiger partial charge in [0.15, 0.2) is 0 Å². The molecular weight excluding hydrogens is 224 g/mol. The lowest BCUT2D eigenvalue weighted by Crippen LogP contribution is -2.19. The maximum absolute atomic E-state index is 5.24. The lowest BCUT2D eigenvalue weighted by atomic mass is 10.0. The first-order chi connectivity index (χ1) is 8.83. The van der Waals surface area contributed by atoms with Gasteiger partial charge in [-0.1, -0.05) is 18.2 Å². The van der Waals surface area contributed by atoms with E-state index >= 15 is 0 Å². The van der Waals surface area contributed by atoms with E-state index < -0.39 is 0 Å². The molecule has 2 aromatic rings. The van der Waals surface area contributed by atoms with Crippen molar-refractivity contribution in [1.82, 2.24) is 10.3 Å². The Balaban J connectivity index is 2.15. The lowest BCUT2D eigenvalue weighted by Gasteiger charge is -2.16. The first-order valence-electron chi connectivity index (χ1n) is 6.04. The molecular formula is C15H18N2O. The summed E-state index contributed by atoms with van der Waals surface area (Å²) >= 11 is 0. The van der Waals surface area contributed by atoms with Crippen LogP contribution in [0.25, 0.3) is 0 Å². The lowest BCUT2D eigenvalue weighted by molar-refractivity contribution is 0.414. The number of aromatic nitrogens is 1. The molecule has 3 nitrogen and oxygen atoms in total. The number of nitrogens with one attached hydrogen (secondary N) is 1. The first kappa shape index (κ1) is 12.6. The molecule has 1 atom stereocenters. The van der Waals surface area contributed by atoms with Gasteiger partial charge in [-0.2, -0.15) is 0 Å². The van der Waals surface area contributed by atoms with Crippen LogP contribution in [0.5, 0.6) is 5.75 Å². The predicted molar refractivity (Wildman–Crippen MR) is 72.7 cm³/mol. The number of pyridine rings is 1. The molecule has 1 aromatic heterocycles. The molecule has 3 heteroatoms. The van der Waals surface area contributed by atoms with Crippen LogP contribution in [-0.2, 0) is 6.42 Å². The number of ether oxygens (including phenoxy) is 1. The van der Waals surface area contributed by atoms with E-state index in [1.54, 1.807) is 7.11 Å². The van der Waals surface area contributed by atoms with Crippen LogP contribution in [0.15, 0.2) is 48.7 Å². The predicted octanol–water partition coefficient (Wildman–Crippen LogP) is 2.59. The summed E-state index contributed by atoms with van der Waals surface area (Å²) in [6.07, 6.45) is 2.72. The molecule has 0 spiro atoms. The molecule has 18 heavy (non-hydrogen) atoms. The van der Waals surface area contributed by atoms with Gasteiger partial charge in [-0.25, -0.2) is 0 Å². The van der Waals surface area contributed by atoms with E-state index in [4.69, 9.17) is 4.74 Å². The maximum Gasteiger partial charge on any atom is 0.119 e. The molecule has 0 aliphatic rings. The van der Waals surface area contributed by atoms with Crippen molar-refractivity contribution in [3.05, 3.63) is 59.9 Å². The summed E-state index contributed by atoms with van der Waals surface area (Å²) in [5, 5.41) is 3.30.